The van der Waals surface area contributed by atoms with Crippen molar-refractivity contribution in [2.24, 2.45) is 5.10 Å². The Balaban J connectivity index is 2.22. The molecule has 0 atom stereocenters. The summed E-state index contributed by atoms with van der Waals surface area (Å²) >= 11 is 6.79. The van der Waals surface area contributed by atoms with Gasteiger partial charge in [-0.3, -0.25) is 9.59 Å². The number of esters is 1. The van der Waals surface area contributed by atoms with Gasteiger partial charge in [-0.05, 0) is 30.3 Å². The first-order chi connectivity index (χ1) is 14.2. The minimum atomic E-state index is -0.498. The number of halogens is 2. The first-order valence-corrected chi connectivity index (χ1v) is 10.6. The standard InChI is InChI=1S/C21H19Br2N3O4/c1-11(2)20-25-17-6-5-14(22)8-16(17)21(28)26(20)24-10-13-7-15(23)9-18(29-4)19(13)30-12(3)27/h5-11H,1-4H3. The van der Waals surface area contributed by atoms with Crippen molar-refractivity contribution >= 4 is 54.9 Å². The minimum Gasteiger partial charge on any atom is -0.493 e. The number of hydrogen-bond donors (Lipinski definition) is 0. The van der Waals surface area contributed by atoms with Gasteiger partial charge in [0.15, 0.2) is 11.5 Å². The monoisotopic (exact) mass is 535 g/mol. The molecule has 3 rings (SSSR count). The normalized spacial score (nSPS) is 11.4. The van der Waals surface area contributed by atoms with E-state index in [0.29, 0.717) is 32.5 Å². The van der Waals surface area contributed by atoms with Crippen LogP contribution in [-0.2, 0) is 4.79 Å². The third-order valence-electron chi connectivity index (χ3n) is 4.18. The summed E-state index contributed by atoms with van der Waals surface area (Å²) in [6.07, 6.45) is 1.45. The lowest BCUT2D eigenvalue weighted by molar-refractivity contribution is -0.132. The predicted octanol–water partition coefficient (Wildman–Crippen LogP) is 4.86. The van der Waals surface area contributed by atoms with Gasteiger partial charge in [0.25, 0.3) is 5.56 Å². The van der Waals surface area contributed by atoms with Crippen molar-refractivity contribution < 1.29 is 14.3 Å². The van der Waals surface area contributed by atoms with E-state index in [9.17, 15) is 9.59 Å². The number of methoxy groups -OCH3 is 1. The number of rotatable bonds is 5. The van der Waals surface area contributed by atoms with Gasteiger partial charge in [0.2, 0.25) is 0 Å². The van der Waals surface area contributed by atoms with Crippen LogP contribution in [0, 0.1) is 0 Å². The van der Waals surface area contributed by atoms with Crippen LogP contribution in [-0.4, -0.2) is 29.0 Å². The first kappa shape index (κ1) is 22.2. The van der Waals surface area contributed by atoms with Crippen LogP contribution < -0.4 is 15.0 Å². The number of carbonyl (C=O) groups excluding carboxylic acids is 1. The van der Waals surface area contributed by atoms with Crippen LogP contribution >= 0.6 is 31.9 Å². The molecule has 0 aliphatic heterocycles. The zero-order chi connectivity index (χ0) is 22.0. The van der Waals surface area contributed by atoms with E-state index in [-0.39, 0.29) is 17.2 Å². The van der Waals surface area contributed by atoms with Gasteiger partial charge in [0.1, 0.15) is 5.82 Å². The van der Waals surface area contributed by atoms with E-state index in [4.69, 9.17) is 9.47 Å². The maximum Gasteiger partial charge on any atom is 0.308 e. The van der Waals surface area contributed by atoms with Gasteiger partial charge in [-0.25, -0.2) is 4.98 Å². The Kier molecular flexibility index (Phi) is 6.72. The van der Waals surface area contributed by atoms with E-state index in [2.05, 4.69) is 41.9 Å². The van der Waals surface area contributed by atoms with Crippen LogP contribution in [0.25, 0.3) is 10.9 Å². The molecule has 0 unspecified atom stereocenters. The fraction of sp³-hybridized carbons (Fsp3) is 0.238. The summed E-state index contributed by atoms with van der Waals surface area (Å²) in [5.74, 6) is 0.545. The molecule has 0 aliphatic carbocycles. The van der Waals surface area contributed by atoms with E-state index in [1.807, 2.05) is 19.9 Å². The second kappa shape index (κ2) is 9.09. The lowest BCUT2D eigenvalue weighted by Crippen LogP contribution is -2.23. The average molecular weight is 537 g/mol. The van der Waals surface area contributed by atoms with E-state index < -0.39 is 5.97 Å². The molecule has 1 aromatic heterocycles. The third-order valence-corrected chi connectivity index (χ3v) is 5.13. The number of fused-ring (bicyclic) bond motifs is 1. The Labute approximate surface area is 190 Å². The maximum atomic E-state index is 13.1. The topological polar surface area (TPSA) is 82.8 Å². The van der Waals surface area contributed by atoms with Gasteiger partial charge in [-0.1, -0.05) is 45.7 Å². The van der Waals surface area contributed by atoms with Crippen molar-refractivity contribution in [1.29, 1.82) is 0 Å². The fourth-order valence-corrected chi connectivity index (χ4v) is 3.68. The van der Waals surface area contributed by atoms with Crippen molar-refractivity contribution in [1.82, 2.24) is 9.66 Å². The SMILES string of the molecule is COc1cc(Br)cc(C=Nn2c(C(C)C)nc3ccc(Br)cc3c2=O)c1OC(C)=O. The van der Waals surface area contributed by atoms with Crippen molar-refractivity contribution in [2.75, 3.05) is 7.11 Å². The fourth-order valence-electron chi connectivity index (χ4n) is 2.86. The molecule has 0 fully saturated rings. The number of aromatic nitrogens is 2. The van der Waals surface area contributed by atoms with Gasteiger partial charge in [0.05, 0.1) is 24.2 Å². The van der Waals surface area contributed by atoms with Gasteiger partial charge in [-0.15, -0.1) is 0 Å². The molecule has 3 aromatic rings. The maximum absolute atomic E-state index is 13.1. The Bertz CT molecular complexity index is 1220. The van der Waals surface area contributed by atoms with Gasteiger partial charge < -0.3 is 9.47 Å². The van der Waals surface area contributed by atoms with Crippen molar-refractivity contribution in [3.8, 4) is 11.5 Å². The van der Waals surface area contributed by atoms with Gasteiger partial charge in [-0.2, -0.15) is 9.78 Å². The van der Waals surface area contributed by atoms with Crippen LogP contribution in [0.1, 0.15) is 38.1 Å². The predicted molar refractivity (Wildman–Crippen MR) is 123 cm³/mol. The summed E-state index contributed by atoms with van der Waals surface area (Å²) in [7, 11) is 1.47. The molecule has 0 aliphatic rings. The quantitative estimate of drug-likeness (QED) is 0.264. The number of hydrogen-bond acceptors (Lipinski definition) is 6. The highest BCUT2D eigenvalue weighted by molar-refractivity contribution is 9.10. The van der Waals surface area contributed by atoms with E-state index in [1.54, 1.807) is 24.3 Å². The largest absolute Gasteiger partial charge is 0.493 e. The second-order valence-corrected chi connectivity index (χ2v) is 8.60. The first-order valence-electron chi connectivity index (χ1n) is 9.03. The Hall–Kier alpha value is -2.52. The molecule has 1 heterocycles. The van der Waals surface area contributed by atoms with Gasteiger partial charge >= 0.3 is 5.97 Å². The molecule has 156 valence electrons. The summed E-state index contributed by atoms with van der Waals surface area (Å²) < 4.78 is 13.4. The summed E-state index contributed by atoms with van der Waals surface area (Å²) in [6.45, 7) is 5.17. The van der Waals surface area contributed by atoms with Crippen molar-refractivity contribution in [3.05, 3.63) is 61.0 Å². The minimum absolute atomic E-state index is 0.0483. The van der Waals surface area contributed by atoms with E-state index >= 15 is 0 Å². The van der Waals surface area contributed by atoms with Crippen LogP contribution in [0.2, 0.25) is 0 Å². The zero-order valence-corrected chi connectivity index (χ0v) is 19.9. The lowest BCUT2D eigenvalue weighted by atomic mass is 10.2. The number of ether oxygens (including phenoxy) is 2. The highest BCUT2D eigenvalue weighted by Crippen LogP contribution is 2.34. The second-order valence-electron chi connectivity index (χ2n) is 6.77. The average Bonchev–Trinajstić information content (AvgIpc) is 2.68. The van der Waals surface area contributed by atoms with E-state index in [1.165, 1.54) is 24.9 Å². The summed E-state index contributed by atoms with van der Waals surface area (Å²) in [6, 6.07) is 8.74. The highest BCUT2D eigenvalue weighted by Gasteiger charge is 2.16. The van der Waals surface area contributed by atoms with Crippen molar-refractivity contribution in [2.45, 2.75) is 26.7 Å². The molecule has 0 amide bonds. The molecule has 0 N–H and O–H groups in total. The van der Waals surface area contributed by atoms with Crippen LogP contribution in [0.4, 0.5) is 0 Å². The summed E-state index contributed by atoms with van der Waals surface area (Å²) in [4.78, 5) is 29.3. The third kappa shape index (κ3) is 4.62. The van der Waals surface area contributed by atoms with E-state index in [0.717, 1.165) is 4.47 Å². The van der Waals surface area contributed by atoms with Crippen LogP contribution in [0.3, 0.4) is 0 Å². The van der Waals surface area contributed by atoms with Crippen LogP contribution in [0.15, 0.2) is 49.2 Å². The molecular weight excluding hydrogens is 518 g/mol. The summed E-state index contributed by atoms with van der Waals surface area (Å²) in [5, 5.41) is 4.84. The van der Waals surface area contributed by atoms with Gasteiger partial charge in [0, 0.05) is 27.4 Å². The number of benzene rings is 2. The molecular formula is C21H19Br2N3O4. The molecule has 2 aromatic carbocycles. The molecule has 0 spiro atoms. The Morgan fingerprint density at radius 2 is 1.93 bits per heavy atom. The zero-order valence-electron chi connectivity index (χ0n) is 16.8. The molecule has 0 saturated carbocycles. The number of nitrogens with zero attached hydrogens (tertiary/aromatic N) is 3. The summed E-state index contributed by atoms with van der Waals surface area (Å²) in [5.41, 5.74) is 0.771. The Morgan fingerprint density at radius 3 is 2.57 bits per heavy atom. The molecule has 0 saturated heterocycles. The Morgan fingerprint density at radius 1 is 1.20 bits per heavy atom. The molecule has 0 radical (unpaired) electrons. The smallest absolute Gasteiger partial charge is 0.308 e. The lowest BCUT2D eigenvalue weighted by Gasteiger charge is -2.13. The highest BCUT2D eigenvalue weighted by atomic mass is 79.9. The molecule has 7 nitrogen and oxygen atoms in total. The van der Waals surface area contributed by atoms with Crippen LogP contribution in [0.5, 0.6) is 11.5 Å². The van der Waals surface area contributed by atoms with Crippen molar-refractivity contribution in [3.63, 3.8) is 0 Å². The molecule has 0 bridgehead atoms. The molecule has 9 heteroatoms. The molecule has 30 heavy (non-hydrogen) atoms. The number of carbonyl (C=O) groups is 1.